The number of carbonyl (C=O) groups is 2. The predicted octanol–water partition coefficient (Wildman–Crippen LogP) is 6.92. The molecule has 5 aliphatic carbocycles. The van der Waals surface area contributed by atoms with Crippen LogP contribution in [-0.4, -0.2) is 22.3 Å². The Morgan fingerprint density at radius 1 is 1.03 bits per heavy atom. The molecule has 190 valence electrons. The highest BCUT2D eigenvalue weighted by molar-refractivity contribution is 6.01. The summed E-state index contributed by atoms with van der Waals surface area (Å²) in [5, 5.41) is 11.4. The monoisotopic (exact) mass is 468 g/mol. The zero-order chi connectivity index (χ0) is 24.5. The molecule has 0 amide bonds. The van der Waals surface area contributed by atoms with Gasteiger partial charge in [0.05, 0.1) is 5.92 Å². The van der Waals surface area contributed by atoms with Crippen LogP contribution in [0.2, 0.25) is 0 Å². The van der Waals surface area contributed by atoms with E-state index in [0.717, 1.165) is 30.1 Å². The van der Waals surface area contributed by atoms with Crippen molar-refractivity contribution in [1.82, 2.24) is 0 Å². The van der Waals surface area contributed by atoms with Crippen molar-refractivity contribution in [3.63, 3.8) is 0 Å². The lowest BCUT2D eigenvalue weighted by atomic mass is 9.44. The Morgan fingerprint density at radius 2 is 1.79 bits per heavy atom. The van der Waals surface area contributed by atoms with Gasteiger partial charge in [-0.1, -0.05) is 65.5 Å². The first-order chi connectivity index (χ1) is 16.0. The molecule has 4 saturated carbocycles. The summed E-state index contributed by atoms with van der Waals surface area (Å²) in [6, 6.07) is 0. The number of fused-ring (bicyclic) bond motifs is 6. The first kappa shape index (κ1) is 24.7. The van der Waals surface area contributed by atoms with E-state index in [1.807, 2.05) is 0 Å². The minimum Gasteiger partial charge on any atom is -0.381 e. The van der Waals surface area contributed by atoms with Gasteiger partial charge in [-0.25, -0.2) is 0 Å². The molecule has 5 aliphatic rings. The molecule has 0 radical (unpaired) electrons. The van der Waals surface area contributed by atoms with Crippen molar-refractivity contribution < 1.29 is 14.7 Å². The lowest BCUT2D eigenvalue weighted by Gasteiger charge is -2.60. The minimum absolute atomic E-state index is 0.0324. The van der Waals surface area contributed by atoms with Gasteiger partial charge in [0, 0.05) is 19.3 Å². The van der Waals surface area contributed by atoms with Gasteiger partial charge in [-0.05, 0) is 84.9 Å². The van der Waals surface area contributed by atoms with Crippen molar-refractivity contribution in [3.8, 4) is 0 Å². The van der Waals surface area contributed by atoms with Gasteiger partial charge in [0.25, 0.3) is 0 Å². The molecule has 3 heteroatoms. The van der Waals surface area contributed by atoms with E-state index in [-0.39, 0.29) is 23.4 Å². The summed E-state index contributed by atoms with van der Waals surface area (Å²) in [4.78, 5) is 25.6. The Labute approximate surface area is 207 Å². The molecular formula is C31H48O3. The number of hydrogen-bond donors (Lipinski definition) is 1. The Morgan fingerprint density at radius 3 is 2.53 bits per heavy atom. The van der Waals surface area contributed by atoms with Gasteiger partial charge in [0.2, 0.25) is 0 Å². The van der Waals surface area contributed by atoms with Crippen LogP contribution in [0.25, 0.3) is 0 Å². The fourth-order valence-electron chi connectivity index (χ4n) is 10.0. The third kappa shape index (κ3) is 3.61. The van der Waals surface area contributed by atoms with Gasteiger partial charge in [-0.15, -0.1) is 0 Å². The van der Waals surface area contributed by atoms with E-state index in [4.69, 9.17) is 0 Å². The van der Waals surface area contributed by atoms with Crippen molar-refractivity contribution in [3.05, 3.63) is 11.6 Å². The summed E-state index contributed by atoms with van der Waals surface area (Å²) in [5.74, 6) is 4.07. The molecule has 34 heavy (non-hydrogen) atoms. The van der Waals surface area contributed by atoms with Crippen LogP contribution in [-0.2, 0) is 9.59 Å². The van der Waals surface area contributed by atoms with Crippen LogP contribution in [0.1, 0.15) is 112 Å². The molecule has 0 bridgehead atoms. The largest absolute Gasteiger partial charge is 0.381 e. The highest BCUT2D eigenvalue weighted by Gasteiger charge is 2.63. The number of carbonyl (C=O) groups excluding carboxylic acids is 2. The predicted molar refractivity (Wildman–Crippen MR) is 136 cm³/mol. The minimum atomic E-state index is -1.43. The molecular weight excluding hydrogens is 420 g/mol. The molecule has 0 heterocycles. The summed E-state index contributed by atoms with van der Waals surface area (Å²) in [6.07, 6.45) is 14.5. The Balaban J connectivity index is 1.37. The molecule has 9 atom stereocenters. The quantitative estimate of drug-likeness (QED) is 0.446. The van der Waals surface area contributed by atoms with Crippen LogP contribution in [0, 0.1) is 52.3 Å². The van der Waals surface area contributed by atoms with Gasteiger partial charge in [0.15, 0.2) is 5.78 Å². The van der Waals surface area contributed by atoms with Crippen LogP contribution >= 0.6 is 0 Å². The first-order valence-electron chi connectivity index (χ1n) is 14.5. The molecule has 0 aromatic carbocycles. The van der Waals surface area contributed by atoms with Crippen LogP contribution < -0.4 is 0 Å². The smallest absolute Gasteiger partial charge is 0.165 e. The number of allylic oxidation sites excluding steroid dienone is 1. The third-order valence-electron chi connectivity index (χ3n) is 12.0. The molecule has 1 N–H and O–H groups in total. The van der Waals surface area contributed by atoms with E-state index in [1.165, 1.54) is 50.5 Å². The first-order valence-corrected chi connectivity index (χ1v) is 14.5. The van der Waals surface area contributed by atoms with Crippen molar-refractivity contribution in [2.45, 2.75) is 117 Å². The van der Waals surface area contributed by atoms with Crippen LogP contribution in [0.3, 0.4) is 0 Å². The lowest BCUT2D eigenvalue weighted by Crippen LogP contribution is -2.61. The second kappa shape index (κ2) is 8.56. The Hall–Kier alpha value is -0.960. The van der Waals surface area contributed by atoms with Crippen LogP contribution in [0.4, 0.5) is 0 Å². The van der Waals surface area contributed by atoms with Gasteiger partial charge in [0.1, 0.15) is 11.4 Å². The normalized spacial score (nSPS) is 46.9. The summed E-state index contributed by atoms with van der Waals surface area (Å²) < 4.78 is 0. The van der Waals surface area contributed by atoms with E-state index in [0.29, 0.717) is 36.5 Å². The fourth-order valence-corrected chi connectivity index (χ4v) is 10.0. The topological polar surface area (TPSA) is 54.4 Å². The summed E-state index contributed by atoms with van der Waals surface area (Å²) >= 11 is 0. The van der Waals surface area contributed by atoms with E-state index in [1.54, 1.807) is 0 Å². The molecule has 0 aromatic rings. The number of rotatable bonds is 5. The lowest BCUT2D eigenvalue weighted by molar-refractivity contribution is -0.166. The zero-order valence-corrected chi connectivity index (χ0v) is 22.4. The van der Waals surface area contributed by atoms with E-state index in [2.05, 4.69) is 40.7 Å². The maximum absolute atomic E-state index is 12.9. The average molecular weight is 469 g/mol. The van der Waals surface area contributed by atoms with E-state index >= 15 is 0 Å². The Kier molecular flexibility index (Phi) is 6.23. The maximum atomic E-state index is 12.9. The molecule has 5 rings (SSSR count). The van der Waals surface area contributed by atoms with Crippen molar-refractivity contribution in [2.75, 3.05) is 0 Å². The summed E-state index contributed by atoms with van der Waals surface area (Å²) in [5.41, 5.74) is 0.276. The van der Waals surface area contributed by atoms with Gasteiger partial charge in [-0.3, -0.25) is 9.59 Å². The molecule has 3 nitrogen and oxygen atoms in total. The number of aliphatic hydroxyl groups is 1. The van der Waals surface area contributed by atoms with Gasteiger partial charge < -0.3 is 5.11 Å². The highest BCUT2D eigenvalue weighted by Crippen LogP contribution is 2.68. The van der Waals surface area contributed by atoms with Gasteiger partial charge in [-0.2, -0.15) is 0 Å². The average Bonchev–Trinajstić information content (AvgIpc) is 3.13. The summed E-state index contributed by atoms with van der Waals surface area (Å²) in [7, 11) is 0. The second-order valence-electron chi connectivity index (χ2n) is 14.0. The molecule has 0 aromatic heterocycles. The molecule has 2 unspecified atom stereocenters. The third-order valence-corrected chi connectivity index (χ3v) is 12.0. The fraction of sp³-hybridized carbons (Fsp3) is 0.871. The maximum Gasteiger partial charge on any atom is 0.165 e. The Bertz CT molecular complexity index is 872. The highest BCUT2D eigenvalue weighted by atomic mass is 16.3. The SMILES string of the molecule is CC(C)CCC[C@@H](C)[C@H]1CC[C@H]2[C@@H]3CC=C4CC5(O)C(=O)CCC(=O)C5C[C@]4(C)[C@H]3CC[C@]12C. The van der Waals surface area contributed by atoms with Crippen molar-refractivity contribution in [1.29, 1.82) is 0 Å². The molecule has 0 saturated heterocycles. The number of hydrogen-bond acceptors (Lipinski definition) is 3. The zero-order valence-electron chi connectivity index (χ0n) is 22.4. The number of ketones is 2. The second-order valence-corrected chi connectivity index (χ2v) is 14.0. The van der Waals surface area contributed by atoms with Crippen molar-refractivity contribution in [2.24, 2.45) is 52.3 Å². The molecule has 0 aliphatic heterocycles. The molecule has 0 spiro atoms. The number of Topliss-reactive ketones (excluding diaryl/α,β-unsaturated/α-hetero) is 2. The van der Waals surface area contributed by atoms with Crippen LogP contribution in [0.15, 0.2) is 11.6 Å². The van der Waals surface area contributed by atoms with Gasteiger partial charge >= 0.3 is 0 Å². The van der Waals surface area contributed by atoms with E-state index < -0.39 is 11.5 Å². The van der Waals surface area contributed by atoms with Crippen molar-refractivity contribution >= 4 is 11.6 Å². The van der Waals surface area contributed by atoms with E-state index in [9.17, 15) is 14.7 Å². The van der Waals surface area contributed by atoms with Crippen LogP contribution in [0.5, 0.6) is 0 Å². The summed E-state index contributed by atoms with van der Waals surface area (Å²) in [6.45, 7) is 12.2. The standard InChI is InChI=1S/C31H48O3/c1-19(2)7-6-8-20(3)23-11-12-24-22-10-9-21-17-31(34)26(27(32)13-14-28(31)33)18-30(21,5)25(22)15-16-29(23,24)4/h9,19-20,22-26,34H,6-8,10-18H2,1-5H3/t20-,22+,23-,24+,25+,26?,29-,30+,31?/m1/s1. The molecule has 4 fully saturated rings.